The first kappa shape index (κ1) is 21.4. The molecule has 0 unspecified atom stereocenters. The van der Waals surface area contributed by atoms with E-state index in [1.807, 2.05) is 0 Å². The monoisotopic (exact) mass is 290 g/mol. The van der Waals surface area contributed by atoms with Crippen molar-refractivity contribution in [2.45, 2.75) is 25.3 Å². The number of rotatable bonds is 6. The van der Waals surface area contributed by atoms with Crippen molar-refractivity contribution in [1.82, 2.24) is 0 Å². The summed E-state index contributed by atoms with van der Waals surface area (Å²) in [5, 5.41) is 18.4. The maximum Gasteiger partial charge on any atom is 1.00 e. The molecule has 0 aliphatic rings. The largest absolute Gasteiger partial charge is 1.00 e. The van der Waals surface area contributed by atoms with Crippen LogP contribution in [0.5, 0.6) is 0 Å². The molecule has 0 aromatic heterocycles. The first-order valence-electron chi connectivity index (χ1n) is 5.94. The van der Waals surface area contributed by atoms with E-state index < -0.39 is 18.0 Å². The minimum atomic E-state index is -1.13. The van der Waals surface area contributed by atoms with Gasteiger partial charge < -0.3 is 26.5 Å². The molecule has 1 aromatic rings. The van der Waals surface area contributed by atoms with Gasteiger partial charge in [0.05, 0.1) is 5.97 Å². The number of nitrogens with two attached hydrogens (primary N) is 2. The molecule has 20 heavy (non-hydrogen) atoms. The van der Waals surface area contributed by atoms with Gasteiger partial charge in [-0.15, -0.1) is 0 Å². The molecule has 0 amide bonds. The molecule has 0 aliphatic carbocycles. The zero-order chi connectivity index (χ0) is 14.7. The van der Waals surface area contributed by atoms with Gasteiger partial charge in [-0.1, -0.05) is 36.8 Å². The summed E-state index contributed by atoms with van der Waals surface area (Å²) in [4.78, 5) is 20.2. The normalized spacial score (nSPS) is 10.5. The fourth-order valence-electron chi connectivity index (χ4n) is 1.21. The minimum absolute atomic E-state index is 0. The summed E-state index contributed by atoms with van der Waals surface area (Å²) in [6, 6.07) is 7.35. The SMILES string of the molecule is NCCCC[C@H](N)C(=O)O.O=C([O-])c1ccccc1.[Na+]. The number of hydrogen-bond acceptors (Lipinski definition) is 5. The minimum Gasteiger partial charge on any atom is -0.545 e. The fourth-order valence-corrected chi connectivity index (χ4v) is 1.21. The van der Waals surface area contributed by atoms with Crippen LogP contribution in [0.25, 0.3) is 0 Å². The van der Waals surface area contributed by atoms with Gasteiger partial charge in [-0.25, -0.2) is 0 Å². The van der Waals surface area contributed by atoms with Gasteiger partial charge in [0.1, 0.15) is 6.04 Å². The molecule has 0 fully saturated rings. The molecule has 1 aromatic carbocycles. The van der Waals surface area contributed by atoms with Crippen LogP contribution in [0.3, 0.4) is 0 Å². The first-order valence-corrected chi connectivity index (χ1v) is 5.94. The van der Waals surface area contributed by atoms with E-state index in [0.29, 0.717) is 13.0 Å². The molecule has 0 radical (unpaired) electrons. The van der Waals surface area contributed by atoms with Gasteiger partial charge in [0.15, 0.2) is 0 Å². The van der Waals surface area contributed by atoms with Gasteiger partial charge in [0, 0.05) is 0 Å². The quantitative estimate of drug-likeness (QED) is 0.369. The molecule has 7 heteroatoms. The number of aliphatic carboxylic acids is 1. The molecule has 0 heterocycles. The average molecular weight is 290 g/mol. The number of unbranched alkanes of at least 4 members (excludes halogenated alkanes) is 1. The standard InChI is InChI=1S/C7H6O2.C6H14N2O2.Na/c8-7(9)6-4-2-1-3-5-6;7-4-2-1-3-5(8)6(9)10;/h1-5H,(H,8,9);5H,1-4,7-8H2,(H,9,10);/q;;+1/p-1/t;5-;/m.0./s1. The average Bonchev–Trinajstić information content (AvgIpc) is 2.40. The second kappa shape index (κ2) is 13.1. The van der Waals surface area contributed by atoms with Crippen molar-refractivity contribution < 1.29 is 49.4 Å². The van der Waals surface area contributed by atoms with Crippen LogP contribution in [0.4, 0.5) is 0 Å². The molecule has 1 rings (SSSR count). The molecule has 0 saturated carbocycles. The van der Waals surface area contributed by atoms with Crippen LogP contribution in [0.1, 0.15) is 29.6 Å². The summed E-state index contributed by atoms with van der Waals surface area (Å²) < 4.78 is 0. The Morgan fingerprint density at radius 1 is 1.20 bits per heavy atom. The summed E-state index contributed by atoms with van der Waals surface area (Å²) in [7, 11) is 0. The van der Waals surface area contributed by atoms with Gasteiger partial charge in [-0.05, 0) is 24.9 Å². The second-order valence-electron chi connectivity index (χ2n) is 3.88. The van der Waals surface area contributed by atoms with E-state index in [2.05, 4.69) is 0 Å². The Morgan fingerprint density at radius 2 is 1.75 bits per heavy atom. The summed E-state index contributed by atoms with van der Waals surface area (Å²) in [6.07, 6.45) is 2.16. The predicted molar refractivity (Wildman–Crippen MR) is 69.3 cm³/mol. The van der Waals surface area contributed by atoms with E-state index in [0.717, 1.165) is 12.8 Å². The van der Waals surface area contributed by atoms with Crippen LogP contribution in [0, 0.1) is 0 Å². The summed E-state index contributed by atoms with van der Waals surface area (Å²) in [5.41, 5.74) is 10.6. The molecular formula is C13H19N2NaO4. The number of benzene rings is 1. The third-order valence-electron chi connectivity index (χ3n) is 2.30. The molecule has 0 saturated heterocycles. The molecule has 1 atom stereocenters. The van der Waals surface area contributed by atoms with E-state index in [4.69, 9.17) is 16.6 Å². The maximum absolute atomic E-state index is 10.1. The second-order valence-corrected chi connectivity index (χ2v) is 3.88. The topological polar surface area (TPSA) is 129 Å². The third-order valence-corrected chi connectivity index (χ3v) is 2.30. The zero-order valence-corrected chi connectivity index (χ0v) is 13.6. The van der Waals surface area contributed by atoms with Crippen molar-refractivity contribution in [3.8, 4) is 0 Å². The number of hydrogen-bond donors (Lipinski definition) is 3. The molecule has 6 nitrogen and oxygen atoms in total. The Bertz CT molecular complexity index is 387. The van der Waals surface area contributed by atoms with Crippen molar-refractivity contribution in [2.24, 2.45) is 11.5 Å². The molecule has 5 N–H and O–H groups in total. The van der Waals surface area contributed by atoms with Crippen molar-refractivity contribution in [2.75, 3.05) is 6.54 Å². The van der Waals surface area contributed by atoms with Crippen LogP contribution in [-0.2, 0) is 4.79 Å². The Labute approximate surface area is 140 Å². The van der Waals surface area contributed by atoms with Crippen molar-refractivity contribution in [1.29, 1.82) is 0 Å². The van der Waals surface area contributed by atoms with E-state index in [1.165, 1.54) is 12.1 Å². The Balaban J connectivity index is 0. The summed E-state index contributed by atoms with van der Waals surface area (Å²) in [5.74, 6) is -2.06. The van der Waals surface area contributed by atoms with E-state index in [9.17, 15) is 14.7 Å². The van der Waals surface area contributed by atoms with Crippen LogP contribution < -0.4 is 46.1 Å². The van der Waals surface area contributed by atoms with Crippen LogP contribution in [0.15, 0.2) is 30.3 Å². The number of carboxylic acids is 2. The predicted octanol–water partition coefficient (Wildman–Crippen LogP) is -3.42. The zero-order valence-electron chi connectivity index (χ0n) is 11.6. The van der Waals surface area contributed by atoms with Gasteiger partial charge in [-0.3, -0.25) is 4.79 Å². The van der Waals surface area contributed by atoms with E-state index in [-0.39, 0.29) is 35.1 Å². The van der Waals surface area contributed by atoms with Crippen LogP contribution >= 0.6 is 0 Å². The molecule has 0 spiro atoms. The number of aromatic carboxylic acids is 1. The van der Waals surface area contributed by atoms with Crippen LogP contribution in [-0.4, -0.2) is 29.6 Å². The first-order chi connectivity index (χ1) is 8.99. The van der Waals surface area contributed by atoms with Gasteiger partial charge >= 0.3 is 35.5 Å². The van der Waals surface area contributed by atoms with Gasteiger partial charge in [0.25, 0.3) is 0 Å². The summed E-state index contributed by atoms with van der Waals surface area (Å²) in [6.45, 7) is 0.604. The Kier molecular flexibility index (Phi) is 14.0. The van der Waals surface area contributed by atoms with E-state index >= 15 is 0 Å². The number of carboxylic acid groups (broad SMARTS) is 2. The van der Waals surface area contributed by atoms with Crippen molar-refractivity contribution in [3.63, 3.8) is 0 Å². The molecule has 106 valence electrons. The van der Waals surface area contributed by atoms with Crippen LogP contribution in [0.2, 0.25) is 0 Å². The smallest absolute Gasteiger partial charge is 0.545 e. The van der Waals surface area contributed by atoms with E-state index in [1.54, 1.807) is 18.2 Å². The molecular weight excluding hydrogens is 271 g/mol. The fraction of sp³-hybridized carbons (Fsp3) is 0.385. The number of carbonyl (C=O) groups is 2. The Morgan fingerprint density at radius 3 is 2.10 bits per heavy atom. The van der Waals surface area contributed by atoms with Gasteiger partial charge in [-0.2, -0.15) is 0 Å². The van der Waals surface area contributed by atoms with Crippen molar-refractivity contribution >= 4 is 11.9 Å². The number of carbonyl (C=O) groups excluding carboxylic acids is 1. The molecule has 0 bridgehead atoms. The maximum atomic E-state index is 10.1. The Hall–Kier alpha value is -0.920. The van der Waals surface area contributed by atoms with Gasteiger partial charge in [0.2, 0.25) is 0 Å². The third kappa shape index (κ3) is 11.0. The van der Waals surface area contributed by atoms with Crippen molar-refractivity contribution in [3.05, 3.63) is 35.9 Å². The summed E-state index contributed by atoms with van der Waals surface area (Å²) >= 11 is 0. The molecule has 0 aliphatic heterocycles.